The molecule has 0 saturated heterocycles. The highest BCUT2D eigenvalue weighted by Crippen LogP contribution is 2.25. The van der Waals surface area contributed by atoms with E-state index in [4.69, 9.17) is 9.26 Å². The van der Waals surface area contributed by atoms with E-state index in [-0.39, 0.29) is 18.4 Å². The summed E-state index contributed by atoms with van der Waals surface area (Å²) in [6, 6.07) is 4.33. The predicted molar refractivity (Wildman–Crippen MR) is 90.0 cm³/mol. The zero-order valence-electron chi connectivity index (χ0n) is 14.4. The van der Waals surface area contributed by atoms with E-state index in [0.29, 0.717) is 35.0 Å². The molecule has 0 unspecified atom stereocenters. The van der Waals surface area contributed by atoms with Crippen molar-refractivity contribution >= 4 is 5.91 Å². The number of amides is 1. The highest BCUT2D eigenvalue weighted by atomic mass is 19.1. The highest BCUT2D eigenvalue weighted by molar-refractivity contribution is 5.92. The van der Waals surface area contributed by atoms with Crippen LogP contribution in [-0.2, 0) is 6.61 Å². The summed E-state index contributed by atoms with van der Waals surface area (Å²) in [7, 11) is 0. The van der Waals surface area contributed by atoms with Crippen LogP contribution in [0.2, 0.25) is 0 Å². The third kappa shape index (κ3) is 3.88. The molecule has 0 aliphatic carbocycles. The summed E-state index contributed by atoms with van der Waals surface area (Å²) < 4.78 is 23.9. The minimum absolute atomic E-state index is 0.116. The molecule has 3 aromatic rings. The summed E-state index contributed by atoms with van der Waals surface area (Å²) in [5, 5.41) is 13.3. The number of pyridine rings is 1. The Kier molecular flexibility index (Phi) is 5.26. The Morgan fingerprint density at radius 2 is 2.27 bits per heavy atom. The van der Waals surface area contributed by atoms with Crippen LogP contribution in [0.25, 0.3) is 11.4 Å². The molecule has 0 bridgehead atoms. The van der Waals surface area contributed by atoms with Gasteiger partial charge < -0.3 is 14.6 Å². The first kappa shape index (κ1) is 17.6. The third-order valence-electron chi connectivity index (χ3n) is 3.65. The molecule has 0 aliphatic heterocycles. The first-order valence-electron chi connectivity index (χ1n) is 8.12. The van der Waals surface area contributed by atoms with E-state index < -0.39 is 5.82 Å². The molecule has 8 nitrogen and oxygen atoms in total. The number of hydrogen-bond acceptors (Lipinski definition) is 6. The molecule has 9 heteroatoms. The minimum Gasteiger partial charge on any atom is -0.472 e. The van der Waals surface area contributed by atoms with Gasteiger partial charge in [0.05, 0.1) is 17.5 Å². The zero-order valence-corrected chi connectivity index (χ0v) is 14.4. The van der Waals surface area contributed by atoms with Crippen molar-refractivity contribution in [2.45, 2.75) is 26.9 Å². The number of rotatable bonds is 7. The van der Waals surface area contributed by atoms with Crippen molar-refractivity contribution in [1.29, 1.82) is 0 Å². The van der Waals surface area contributed by atoms with Crippen LogP contribution >= 0.6 is 0 Å². The van der Waals surface area contributed by atoms with Gasteiger partial charge in [-0.25, -0.2) is 4.39 Å². The Hall–Kier alpha value is -3.23. The summed E-state index contributed by atoms with van der Waals surface area (Å²) >= 11 is 0. The van der Waals surface area contributed by atoms with Crippen LogP contribution in [0.3, 0.4) is 0 Å². The molecule has 0 fully saturated rings. The van der Waals surface area contributed by atoms with Gasteiger partial charge in [0, 0.05) is 12.6 Å². The highest BCUT2D eigenvalue weighted by Gasteiger charge is 2.17. The molecule has 2 N–H and O–H groups in total. The Morgan fingerprint density at radius 3 is 3.00 bits per heavy atom. The third-order valence-corrected chi connectivity index (χ3v) is 3.65. The Balaban J connectivity index is 1.71. The molecule has 3 heterocycles. The van der Waals surface area contributed by atoms with E-state index in [1.807, 2.05) is 6.92 Å². The van der Waals surface area contributed by atoms with Crippen LogP contribution in [0, 0.1) is 12.7 Å². The van der Waals surface area contributed by atoms with E-state index in [2.05, 4.69) is 25.7 Å². The van der Waals surface area contributed by atoms with Gasteiger partial charge in [-0.15, -0.1) is 5.10 Å². The van der Waals surface area contributed by atoms with Crippen LogP contribution in [0.5, 0.6) is 5.88 Å². The van der Waals surface area contributed by atoms with Gasteiger partial charge in [-0.1, -0.05) is 12.1 Å². The van der Waals surface area contributed by atoms with Crippen molar-refractivity contribution in [3.05, 3.63) is 47.2 Å². The summed E-state index contributed by atoms with van der Waals surface area (Å²) in [5.41, 5.74) is 1.93. The Morgan fingerprint density at radius 1 is 1.42 bits per heavy atom. The van der Waals surface area contributed by atoms with Gasteiger partial charge in [0.25, 0.3) is 5.91 Å². The normalized spacial score (nSPS) is 10.7. The standard InChI is InChI=1S/C17H18FN5O3/c1-3-6-19-17(24)14-7-15(22-21-14)25-9-12-10(2)26-23-16(12)13-5-4-11(18)8-20-13/h4-5,7-8H,3,6,9H2,1-2H3,(H,19,24)(H,21,22). The lowest BCUT2D eigenvalue weighted by Crippen LogP contribution is -2.24. The number of nitrogens with zero attached hydrogens (tertiary/aromatic N) is 3. The summed E-state index contributed by atoms with van der Waals surface area (Å²) in [6.07, 6.45) is 1.95. The molecule has 0 aromatic carbocycles. The number of carbonyl (C=O) groups is 1. The number of hydrogen-bond donors (Lipinski definition) is 2. The van der Waals surface area contributed by atoms with Crippen molar-refractivity contribution in [1.82, 2.24) is 25.7 Å². The lowest BCUT2D eigenvalue weighted by molar-refractivity contribution is 0.0948. The molecule has 0 atom stereocenters. The maximum atomic E-state index is 13.0. The molecular formula is C17H18FN5O3. The molecule has 3 aromatic heterocycles. The first-order chi connectivity index (χ1) is 12.6. The average Bonchev–Trinajstić information content (AvgIpc) is 3.25. The van der Waals surface area contributed by atoms with Crippen LogP contribution in [0.1, 0.15) is 35.2 Å². The second kappa shape index (κ2) is 7.77. The second-order valence-corrected chi connectivity index (χ2v) is 5.59. The van der Waals surface area contributed by atoms with Crippen LogP contribution in [-0.4, -0.2) is 32.8 Å². The number of H-pyrrole nitrogens is 1. The van der Waals surface area contributed by atoms with E-state index in [9.17, 15) is 9.18 Å². The van der Waals surface area contributed by atoms with Crippen LogP contribution in [0.4, 0.5) is 4.39 Å². The van der Waals surface area contributed by atoms with Gasteiger partial charge in [-0.2, -0.15) is 0 Å². The van der Waals surface area contributed by atoms with E-state index in [0.717, 1.165) is 12.6 Å². The number of nitrogens with one attached hydrogen (secondary N) is 2. The predicted octanol–water partition coefficient (Wildman–Crippen LogP) is 2.63. The summed E-state index contributed by atoms with van der Waals surface area (Å²) in [6.45, 7) is 4.41. The second-order valence-electron chi connectivity index (χ2n) is 5.59. The number of ether oxygens (including phenoxy) is 1. The quantitative estimate of drug-likeness (QED) is 0.672. The fraction of sp³-hybridized carbons (Fsp3) is 0.294. The van der Waals surface area contributed by atoms with Gasteiger partial charge in [0.1, 0.15) is 29.6 Å². The van der Waals surface area contributed by atoms with Gasteiger partial charge in [0.2, 0.25) is 5.88 Å². The number of aromatic nitrogens is 4. The van der Waals surface area contributed by atoms with Crippen molar-refractivity contribution in [2.24, 2.45) is 0 Å². The van der Waals surface area contributed by atoms with Crippen molar-refractivity contribution in [3.8, 4) is 17.3 Å². The first-order valence-corrected chi connectivity index (χ1v) is 8.12. The molecular weight excluding hydrogens is 341 g/mol. The minimum atomic E-state index is -0.433. The van der Waals surface area contributed by atoms with Gasteiger partial charge >= 0.3 is 0 Å². The van der Waals surface area contributed by atoms with Crippen LogP contribution < -0.4 is 10.1 Å². The molecule has 136 valence electrons. The topological polar surface area (TPSA) is 106 Å². The lowest BCUT2D eigenvalue weighted by Gasteiger charge is -2.03. The van der Waals surface area contributed by atoms with E-state index in [1.54, 1.807) is 6.92 Å². The fourth-order valence-electron chi connectivity index (χ4n) is 2.25. The van der Waals surface area contributed by atoms with Crippen molar-refractivity contribution < 1.29 is 18.4 Å². The average molecular weight is 359 g/mol. The van der Waals surface area contributed by atoms with Crippen molar-refractivity contribution in [2.75, 3.05) is 6.54 Å². The van der Waals surface area contributed by atoms with Gasteiger partial charge in [0.15, 0.2) is 0 Å². The molecule has 0 aliphatic rings. The molecule has 0 radical (unpaired) electrons. The van der Waals surface area contributed by atoms with Gasteiger partial charge in [-0.3, -0.25) is 14.9 Å². The molecule has 1 amide bonds. The van der Waals surface area contributed by atoms with E-state index in [1.165, 1.54) is 18.2 Å². The Labute approximate surface area is 148 Å². The number of aromatic amines is 1. The SMILES string of the molecule is CCCNC(=O)c1cc(OCc2c(-c3ccc(F)cn3)noc2C)n[nH]1. The number of aryl methyl sites for hydroxylation is 1. The Bertz CT molecular complexity index is 888. The summed E-state index contributed by atoms with van der Waals surface area (Å²) in [4.78, 5) is 15.9. The summed E-state index contributed by atoms with van der Waals surface area (Å²) in [5.74, 6) is 0.150. The van der Waals surface area contributed by atoms with Gasteiger partial charge in [-0.05, 0) is 25.5 Å². The van der Waals surface area contributed by atoms with Crippen molar-refractivity contribution in [3.63, 3.8) is 0 Å². The molecule has 26 heavy (non-hydrogen) atoms. The molecule has 3 rings (SSSR count). The molecule has 0 spiro atoms. The maximum Gasteiger partial charge on any atom is 0.269 e. The lowest BCUT2D eigenvalue weighted by atomic mass is 10.1. The number of carbonyl (C=O) groups excluding carboxylic acids is 1. The maximum absolute atomic E-state index is 13.0. The fourth-order valence-corrected chi connectivity index (χ4v) is 2.25. The smallest absolute Gasteiger partial charge is 0.269 e. The number of halogens is 1. The van der Waals surface area contributed by atoms with Crippen LogP contribution in [0.15, 0.2) is 28.9 Å². The largest absolute Gasteiger partial charge is 0.472 e. The zero-order chi connectivity index (χ0) is 18.5. The monoisotopic (exact) mass is 359 g/mol. The van der Waals surface area contributed by atoms with E-state index >= 15 is 0 Å². The molecule has 0 saturated carbocycles.